The monoisotopic (exact) mass is 452 g/mol. The number of carbonyl (C=O) groups excluding carboxylic acids is 1. The summed E-state index contributed by atoms with van der Waals surface area (Å²) in [6, 6.07) is 19.9. The summed E-state index contributed by atoms with van der Waals surface area (Å²) in [4.78, 5) is 12.4. The van der Waals surface area contributed by atoms with E-state index in [-0.39, 0.29) is 11.4 Å². The number of benzene rings is 3. The van der Waals surface area contributed by atoms with Gasteiger partial charge in [0.2, 0.25) is 5.91 Å². The topological polar surface area (TPSA) is 69.0 Å². The minimum absolute atomic E-state index is 0.0418. The Hall–Kier alpha value is -3.72. The second kappa shape index (κ2) is 9.61. The molecule has 0 fully saturated rings. The van der Waals surface area contributed by atoms with E-state index in [1.165, 1.54) is 6.07 Å². The zero-order valence-electron chi connectivity index (χ0n) is 17.0. The van der Waals surface area contributed by atoms with Crippen molar-refractivity contribution >= 4 is 23.4 Å². The summed E-state index contributed by atoms with van der Waals surface area (Å²) in [6.07, 6.45) is 0. The number of methoxy groups -OCH3 is 1. The van der Waals surface area contributed by atoms with Crippen LogP contribution in [-0.2, 0) is 4.79 Å². The first-order chi connectivity index (χ1) is 15.5. The molecule has 1 aromatic heterocycles. The van der Waals surface area contributed by atoms with Gasteiger partial charge < -0.3 is 10.1 Å². The molecule has 0 saturated carbocycles. The van der Waals surface area contributed by atoms with Gasteiger partial charge in [-0.1, -0.05) is 42.1 Å². The maximum absolute atomic E-state index is 13.8. The molecule has 0 aliphatic heterocycles. The van der Waals surface area contributed by atoms with E-state index in [1.807, 2.05) is 59.2 Å². The fraction of sp³-hybridized carbons (Fsp3) is 0.0870. The lowest BCUT2D eigenvalue weighted by Crippen LogP contribution is -2.15. The third-order valence-electron chi connectivity index (χ3n) is 4.51. The molecule has 3 aromatic carbocycles. The van der Waals surface area contributed by atoms with Gasteiger partial charge in [-0.15, -0.1) is 10.2 Å². The summed E-state index contributed by atoms with van der Waals surface area (Å²) in [5.41, 5.74) is 1.53. The fourth-order valence-corrected chi connectivity index (χ4v) is 3.78. The Labute approximate surface area is 187 Å². The predicted molar refractivity (Wildman–Crippen MR) is 119 cm³/mol. The van der Waals surface area contributed by atoms with Gasteiger partial charge in [0.05, 0.1) is 18.6 Å². The number of amides is 1. The minimum atomic E-state index is -0.837. The number of carbonyl (C=O) groups is 1. The maximum atomic E-state index is 13.8. The van der Waals surface area contributed by atoms with Crippen LogP contribution in [0.2, 0.25) is 0 Å². The van der Waals surface area contributed by atoms with Crippen molar-refractivity contribution in [3.05, 3.63) is 84.4 Å². The molecule has 0 saturated heterocycles. The van der Waals surface area contributed by atoms with Crippen molar-refractivity contribution in [2.75, 3.05) is 18.2 Å². The van der Waals surface area contributed by atoms with Gasteiger partial charge >= 0.3 is 0 Å². The first kappa shape index (κ1) is 21.5. The van der Waals surface area contributed by atoms with E-state index < -0.39 is 17.5 Å². The highest BCUT2D eigenvalue weighted by Crippen LogP contribution is 2.29. The predicted octanol–water partition coefficient (Wildman–Crippen LogP) is 4.95. The summed E-state index contributed by atoms with van der Waals surface area (Å²) >= 11 is 1.15. The van der Waals surface area contributed by atoms with Gasteiger partial charge in [0.15, 0.2) is 11.0 Å². The highest BCUT2D eigenvalue weighted by Gasteiger charge is 2.18. The summed E-state index contributed by atoms with van der Waals surface area (Å²) < 4.78 is 34.0. The third kappa shape index (κ3) is 4.78. The first-order valence-electron chi connectivity index (χ1n) is 9.58. The van der Waals surface area contributed by atoms with E-state index in [2.05, 4.69) is 15.5 Å². The van der Waals surface area contributed by atoms with Crippen molar-refractivity contribution in [1.82, 2.24) is 14.8 Å². The Kier molecular flexibility index (Phi) is 6.46. The molecule has 0 aliphatic rings. The molecule has 0 atom stereocenters. The van der Waals surface area contributed by atoms with Gasteiger partial charge in [0.25, 0.3) is 0 Å². The maximum Gasteiger partial charge on any atom is 0.234 e. The van der Waals surface area contributed by atoms with Crippen LogP contribution in [0.5, 0.6) is 5.75 Å². The molecule has 0 unspecified atom stereocenters. The molecule has 162 valence electrons. The molecule has 4 aromatic rings. The molecule has 4 rings (SSSR count). The number of ether oxygens (including phenoxy) is 1. The number of anilines is 1. The second-order valence-corrected chi connectivity index (χ2v) is 7.61. The average molecular weight is 452 g/mol. The van der Waals surface area contributed by atoms with Crippen molar-refractivity contribution in [1.29, 1.82) is 0 Å². The standard InChI is InChI=1S/C23H18F2N4O2S/c1-31-18-9-5-6-15(12-18)22-27-28-23(29(22)17-7-3-2-4-8-17)32-14-21(30)26-20-11-10-16(24)13-19(20)25/h2-13H,14H2,1H3,(H,26,30). The molecule has 1 amide bonds. The van der Waals surface area contributed by atoms with E-state index in [0.29, 0.717) is 16.7 Å². The van der Waals surface area contributed by atoms with Crippen molar-refractivity contribution < 1.29 is 18.3 Å². The lowest BCUT2D eigenvalue weighted by molar-refractivity contribution is -0.113. The van der Waals surface area contributed by atoms with Crippen LogP contribution < -0.4 is 10.1 Å². The summed E-state index contributed by atoms with van der Waals surface area (Å²) in [5, 5.41) is 11.5. The van der Waals surface area contributed by atoms with Crippen molar-refractivity contribution in [3.8, 4) is 22.8 Å². The molecule has 1 heterocycles. The Balaban J connectivity index is 1.60. The molecule has 9 heteroatoms. The molecule has 0 radical (unpaired) electrons. The van der Waals surface area contributed by atoms with Crippen molar-refractivity contribution in [2.45, 2.75) is 5.16 Å². The zero-order chi connectivity index (χ0) is 22.5. The van der Waals surface area contributed by atoms with Gasteiger partial charge in [-0.2, -0.15) is 0 Å². The number of nitrogens with one attached hydrogen (secondary N) is 1. The number of thioether (sulfide) groups is 1. The Morgan fingerprint density at radius 1 is 1.03 bits per heavy atom. The van der Waals surface area contributed by atoms with Gasteiger partial charge in [0.1, 0.15) is 17.4 Å². The molecular formula is C23H18F2N4O2S. The largest absolute Gasteiger partial charge is 0.497 e. The quantitative estimate of drug-likeness (QED) is 0.402. The molecule has 32 heavy (non-hydrogen) atoms. The lowest BCUT2D eigenvalue weighted by atomic mass is 10.2. The fourth-order valence-electron chi connectivity index (χ4n) is 3.03. The molecule has 0 bridgehead atoms. The van der Waals surface area contributed by atoms with E-state index in [9.17, 15) is 13.6 Å². The highest BCUT2D eigenvalue weighted by molar-refractivity contribution is 7.99. The van der Waals surface area contributed by atoms with E-state index in [1.54, 1.807) is 7.11 Å². The van der Waals surface area contributed by atoms with Crippen LogP contribution in [0.3, 0.4) is 0 Å². The number of para-hydroxylation sites is 1. The normalized spacial score (nSPS) is 10.7. The Bertz CT molecular complexity index is 1250. The van der Waals surface area contributed by atoms with E-state index in [4.69, 9.17) is 4.74 Å². The van der Waals surface area contributed by atoms with Crippen molar-refractivity contribution in [2.24, 2.45) is 0 Å². The molecule has 1 N–H and O–H groups in total. The third-order valence-corrected chi connectivity index (χ3v) is 5.44. The zero-order valence-corrected chi connectivity index (χ0v) is 17.8. The number of nitrogens with zero attached hydrogens (tertiary/aromatic N) is 3. The molecular weight excluding hydrogens is 434 g/mol. The van der Waals surface area contributed by atoms with Gasteiger partial charge in [-0.25, -0.2) is 8.78 Å². The van der Waals surface area contributed by atoms with Crippen LogP contribution in [0.4, 0.5) is 14.5 Å². The Morgan fingerprint density at radius 3 is 2.59 bits per heavy atom. The summed E-state index contributed by atoms with van der Waals surface area (Å²) in [7, 11) is 1.59. The van der Waals surface area contributed by atoms with Crippen molar-refractivity contribution in [3.63, 3.8) is 0 Å². The van der Waals surface area contributed by atoms with Crippen LogP contribution >= 0.6 is 11.8 Å². The summed E-state index contributed by atoms with van der Waals surface area (Å²) in [5.74, 6) is -0.777. The summed E-state index contributed by atoms with van der Waals surface area (Å²) in [6.45, 7) is 0. The molecule has 6 nitrogen and oxygen atoms in total. The SMILES string of the molecule is COc1cccc(-c2nnc(SCC(=O)Nc3ccc(F)cc3F)n2-c2ccccc2)c1. The number of hydrogen-bond donors (Lipinski definition) is 1. The highest BCUT2D eigenvalue weighted by atomic mass is 32.2. The lowest BCUT2D eigenvalue weighted by Gasteiger charge is -2.11. The van der Waals surface area contributed by atoms with Crippen LogP contribution in [-0.4, -0.2) is 33.5 Å². The minimum Gasteiger partial charge on any atom is -0.497 e. The second-order valence-electron chi connectivity index (χ2n) is 6.67. The van der Waals surface area contributed by atoms with E-state index >= 15 is 0 Å². The molecule has 0 aliphatic carbocycles. The number of rotatable bonds is 7. The van der Waals surface area contributed by atoms with Crippen LogP contribution in [0.25, 0.3) is 17.1 Å². The van der Waals surface area contributed by atoms with Crippen LogP contribution in [0.15, 0.2) is 78.0 Å². The van der Waals surface area contributed by atoms with Gasteiger partial charge in [0, 0.05) is 17.3 Å². The van der Waals surface area contributed by atoms with E-state index in [0.717, 1.165) is 35.1 Å². The smallest absolute Gasteiger partial charge is 0.234 e. The average Bonchev–Trinajstić information content (AvgIpc) is 3.24. The van der Waals surface area contributed by atoms with Crippen LogP contribution in [0.1, 0.15) is 0 Å². The van der Waals surface area contributed by atoms with Gasteiger partial charge in [-0.3, -0.25) is 9.36 Å². The first-order valence-corrected chi connectivity index (χ1v) is 10.6. The van der Waals surface area contributed by atoms with Gasteiger partial charge in [-0.05, 0) is 36.4 Å². The van der Waals surface area contributed by atoms with Crippen LogP contribution in [0, 0.1) is 11.6 Å². The Morgan fingerprint density at radius 2 is 1.84 bits per heavy atom. The number of hydrogen-bond acceptors (Lipinski definition) is 5. The molecule has 0 spiro atoms. The number of aromatic nitrogens is 3. The number of halogens is 2.